The van der Waals surface area contributed by atoms with E-state index in [1.165, 1.54) is 12.1 Å². The molecule has 0 saturated heterocycles. The average Bonchev–Trinajstić information content (AvgIpc) is 2.72. The van der Waals surface area contributed by atoms with Crippen molar-refractivity contribution in [1.29, 1.82) is 5.41 Å². The van der Waals surface area contributed by atoms with Gasteiger partial charge in [0.15, 0.2) is 0 Å². The van der Waals surface area contributed by atoms with Crippen molar-refractivity contribution in [3.05, 3.63) is 90.0 Å². The molecule has 0 aromatic heterocycles. The molecule has 3 aromatic carbocycles. The molecule has 7 nitrogen and oxygen atoms in total. The number of hydrogen-bond acceptors (Lipinski definition) is 4. The van der Waals surface area contributed by atoms with Gasteiger partial charge in [-0.05, 0) is 41.5 Å². The highest BCUT2D eigenvalue weighted by molar-refractivity contribution is 7.89. The van der Waals surface area contributed by atoms with Gasteiger partial charge in [0.05, 0.1) is 4.90 Å². The third-order valence-electron chi connectivity index (χ3n) is 4.28. The van der Waals surface area contributed by atoms with E-state index in [2.05, 4.69) is 5.32 Å². The topological polar surface area (TPSA) is 139 Å². The van der Waals surface area contributed by atoms with Crippen molar-refractivity contribution >= 4 is 33.5 Å². The molecule has 152 valence electrons. The number of carbonyl (C=O) groups excluding carboxylic acids is 1. The van der Waals surface area contributed by atoms with Crippen LogP contribution in [0.3, 0.4) is 0 Å². The number of amides is 1. The van der Waals surface area contributed by atoms with Gasteiger partial charge in [-0.3, -0.25) is 10.2 Å². The largest absolute Gasteiger partial charge is 0.384 e. The van der Waals surface area contributed by atoms with Crippen LogP contribution in [0.15, 0.2) is 83.8 Å². The molecular weight excluding hydrogens is 400 g/mol. The Kier molecular flexibility index (Phi) is 6.10. The Hall–Kier alpha value is -3.75. The number of sulfonamides is 1. The van der Waals surface area contributed by atoms with Gasteiger partial charge >= 0.3 is 0 Å². The summed E-state index contributed by atoms with van der Waals surface area (Å²) in [5, 5.41) is 15.5. The molecule has 0 heterocycles. The maximum Gasteiger partial charge on any atom is 0.248 e. The maximum absolute atomic E-state index is 12.2. The molecule has 0 unspecified atom stereocenters. The van der Waals surface area contributed by atoms with Gasteiger partial charge in [0.1, 0.15) is 5.84 Å². The van der Waals surface area contributed by atoms with E-state index in [0.717, 1.165) is 5.56 Å². The van der Waals surface area contributed by atoms with Gasteiger partial charge in [0.2, 0.25) is 15.9 Å². The summed E-state index contributed by atoms with van der Waals surface area (Å²) in [6.07, 6.45) is 3.00. The fourth-order valence-corrected chi connectivity index (χ4v) is 3.61. The summed E-state index contributed by atoms with van der Waals surface area (Å²) in [5.74, 6) is -0.375. The molecule has 3 aromatic rings. The number of benzene rings is 3. The lowest BCUT2D eigenvalue weighted by Crippen LogP contribution is -2.13. The van der Waals surface area contributed by atoms with E-state index < -0.39 is 10.0 Å². The van der Waals surface area contributed by atoms with Crippen LogP contribution in [-0.4, -0.2) is 20.2 Å². The van der Waals surface area contributed by atoms with E-state index in [9.17, 15) is 13.2 Å². The highest BCUT2D eigenvalue weighted by Gasteiger charge is 2.14. The zero-order valence-electron chi connectivity index (χ0n) is 15.9. The summed E-state index contributed by atoms with van der Waals surface area (Å²) in [4.78, 5) is 12.2. The smallest absolute Gasteiger partial charge is 0.248 e. The van der Waals surface area contributed by atoms with Crippen LogP contribution >= 0.6 is 0 Å². The zero-order valence-corrected chi connectivity index (χ0v) is 16.7. The number of carbonyl (C=O) groups is 1. The van der Waals surface area contributed by atoms with Crippen LogP contribution in [0.4, 0.5) is 5.69 Å². The van der Waals surface area contributed by atoms with Crippen molar-refractivity contribution in [3.8, 4) is 11.1 Å². The Morgan fingerprint density at radius 3 is 2.33 bits per heavy atom. The number of nitrogens with one attached hydrogen (secondary N) is 2. The second-order valence-electron chi connectivity index (χ2n) is 6.48. The van der Waals surface area contributed by atoms with E-state index in [0.29, 0.717) is 22.4 Å². The first-order chi connectivity index (χ1) is 14.2. The van der Waals surface area contributed by atoms with E-state index in [4.69, 9.17) is 16.3 Å². The van der Waals surface area contributed by atoms with E-state index in [1.54, 1.807) is 72.8 Å². The highest BCUT2D eigenvalue weighted by Crippen LogP contribution is 2.27. The SMILES string of the molecule is N=C(N)c1cccc(C=CC(=O)Nc2ccc(-c3ccccc3S(N)(=O)=O)cc2)c1. The number of anilines is 1. The van der Waals surface area contributed by atoms with Gasteiger partial charge in [-0.2, -0.15) is 0 Å². The molecule has 0 aliphatic carbocycles. The fraction of sp³-hybridized carbons (Fsp3) is 0. The first-order valence-corrected chi connectivity index (χ1v) is 10.4. The summed E-state index contributed by atoms with van der Waals surface area (Å²) in [6.45, 7) is 0. The van der Waals surface area contributed by atoms with Crippen molar-refractivity contribution in [2.24, 2.45) is 10.9 Å². The minimum atomic E-state index is -3.85. The summed E-state index contributed by atoms with van der Waals surface area (Å²) in [5.41, 5.74) is 8.49. The molecule has 0 aliphatic rings. The Balaban J connectivity index is 1.73. The lowest BCUT2D eigenvalue weighted by molar-refractivity contribution is -0.111. The fourth-order valence-electron chi connectivity index (χ4n) is 2.85. The summed E-state index contributed by atoms with van der Waals surface area (Å²) < 4.78 is 23.6. The van der Waals surface area contributed by atoms with Crippen molar-refractivity contribution < 1.29 is 13.2 Å². The van der Waals surface area contributed by atoms with Crippen LogP contribution in [0.25, 0.3) is 17.2 Å². The van der Waals surface area contributed by atoms with Crippen molar-refractivity contribution in [2.45, 2.75) is 4.90 Å². The summed E-state index contributed by atoms with van der Waals surface area (Å²) >= 11 is 0. The quantitative estimate of drug-likeness (QED) is 0.276. The van der Waals surface area contributed by atoms with Crippen molar-refractivity contribution in [2.75, 3.05) is 5.32 Å². The molecule has 0 fully saturated rings. The monoisotopic (exact) mass is 420 g/mol. The van der Waals surface area contributed by atoms with Crippen LogP contribution in [0.1, 0.15) is 11.1 Å². The Morgan fingerprint density at radius 1 is 0.967 bits per heavy atom. The van der Waals surface area contributed by atoms with E-state index in [1.807, 2.05) is 0 Å². The number of hydrogen-bond donors (Lipinski definition) is 4. The molecule has 0 saturated carbocycles. The highest BCUT2D eigenvalue weighted by atomic mass is 32.2. The van der Waals surface area contributed by atoms with Gasteiger partial charge in [0.25, 0.3) is 0 Å². The molecular formula is C22H20N4O3S. The number of primary sulfonamides is 1. The van der Waals surface area contributed by atoms with Gasteiger partial charge in [-0.1, -0.05) is 48.5 Å². The Labute approximate surface area is 174 Å². The van der Waals surface area contributed by atoms with Crippen LogP contribution in [0.2, 0.25) is 0 Å². The Morgan fingerprint density at radius 2 is 1.67 bits per heavy atom. The second-order valence-corrected chi connectivity index (χ2v) is 8.01. The first-order valence-electron chi connectivity index (χ1n) is 8.90. The molecule has 6 N–H and O–H groups in total. The van der Waals surface area contributed by atoms with Gasteiger partial charge < -0.3 is 11.1 Å². The maximum atomic E-state index is 12.2. The Bertz CT molecular complexity index is 1230. The minimum Gasteiger partial charge on any atom is -0.384 e. The average molecular weight is 420 g/mol. The van der Waals surface area contributed by atoms with Gasteiger partial charge in [0, 0.05) is 22.9 Å². The number of nitrogen functional groups attached to an aromatic ring is 1. The number of nitrogens with two attached hydrogens (primary N) is 2. The molecule has 1 amide bonds. The number of amidine groups is 1. The van der Waals surface area contributed by atoms with Crippen LogP contribution in [-0.2, 0) is 14.8 Å². The van der Waals surface area contributed by atoms with Crippen molar-refractivity contribution in [1.82, 2.24) is 0 Å². The second kappa shape index (κ2) is 8.73. The molecule has 0 bridgehead atoms. The van der Waals surface area contributed by atoms with Crippen LogP contribution < -0.4 is 16.2 Å². The lowest BCUT2D eigenvalue weighted by Gasteiger charge is -2.09. The van der Waals surface area contributed by atoms with Crippen LogP contribution in [0.5, 0.6) is 0 Å². The summed E-state index contributed by atoms with van der Waals surface area (Å²) in [7, 11) is -3.85. The molecule has 30 heavy (non-hydrogen) atoms. The molecule has 3 rings (SSSR count). The molecule has 0 atom stereocenters. The molecule has 0 spiro atoms. The third-order valence-corrected chi connectivity index (χ3v) is 5.25. The van der Waals surface area contributed by atoms with E-state index >= 15 is 0 Å². The van der Waals surface area contributed by atoms with Gasteiger partial charge in [-0.25, -0.2) is 13.6 Å². The van der Waals surface area contributed by atoms with Crippen LogP contribution in [0, 0.1) is 5.41 Å². The summed E-state index contributed by atoms with van der Waals surface area (Å²) in [6, 6.07) is 20.2. The normalized spacial score (nSPS) is 11.4. The van der Waals surface area contributed by atoms with Gasteiger partial charge in [-0.15, -0.1) is 0 Å². The number of rotatable bonds is 6. The van der Waals surface area contributed by atoms with E-state index in [-0.39, 0.29) is 16.6 Å². The molecule has 0 aliphatic heterocycles. The minimum absolute atomic E-state index is 0.0394. The van der Waals surface area contributed by atoms with Crippen molar-refractivity contribution in [3.63, 3.8) is 0 Å². The first kappa shape index (κ1) is 21.0. The predicted molar refractivity (Wildman–Crippen MR) is 118 cm³/mol. The standard InChI is InChI=1S/C22H20N4O3S/c23-22(24)17-5-3-4-15(14-17)8-13-21(27)26-18-11-9-16(10-12-18)19-6-1-2-7-20(19)30(25,28)29/h1-14H,(H3,23,24)(H,26,27)(H2,25,28,29). The zero-order chi connectivity index (χ0) is 21.7. The molecule has 8 heteroatoms. The predicted octanol–water partition coefficient (Wildman–Crippen LogP) is 2.94. The molecule has 0 radical (unpaired) electrons. The third kappa shape index (κ3) is 5.19. The lowest BCUT2D eigenvalue weighted by atomic mass is 10.1.